The summed E-state index contributed by atoms with van der Waals surface area (Å²) in [6, 6.07) is 13.0. The highest BCUT2D eigenvalue weighted by molar-refractivity contribution is 7.12. The van der Waals surface area contributed by atoms with Gasteiger partial charge >= 0.3 is 0 Å². The predicted octanol–water partition coefficient (Wildman–Crippen LogP) is 4.27. The van der Waals surface area contributed by atoms with Gasteiger partial charge in [0.15, 0.2) is 17.4 Å². The van der Waals surface area contributed by atoms with Gasteiger partial charge in [0.25, 0.3) is 0 Å². The number of pyridine rings is 1. The Morgan fingerprint density at radius 2 is 2.09 bits per heavy atom. The summed E-state index contributed by atoms with van der Waals surface area (Å²) in [4.78, 5) is 30.0. The van der Waals surface area contributed by atoms with Gasteiger partial charge in [-0.15, -0.1) is 11.3 Å². The number of thiophene rings is 1. The summed E-state index contributed by atoms with van der Waals surface area (Å²) in [6.45, 7) is 1.94. The van der Waals surface area contributed by atoms with Gasteiger partial charge in [-0.3, -0.25) is 9.59 Å². The van der Waals surface area contributed by atoms with Crippen LogP contribution in [0.5, 0.6) is 5.75 Å². The molecule has 3 aromatic heterocycles. The Morgan fingerprint density at radius 1 is 1.25 bits per heavy atom. The first kappa shape index (κ1) is 21.2. The number of ether oxygens (including phenoxy) is 1. The van der Waals surface area contributed by atoms with Gasteiger partial charge in [0, 0.05) is 18.2 Å². The summed E-state index contributed by atoms with van der Waals surface area (Å²) in [7, 11) is 1.57. The third kappa shape index (κ3) is 4.08. The fourth-order valence-corrected chi connectivity index (χ4v) is 4.05. The number of ketones is 1. The quantitative estimate of drug-likeness (QED) is 0.425. The Bertz CT molecular complexity index is 1350. The number of nitriles is 1. The average Bonchev–Trinajstić information content (AvgIpc) is 3.47. The summed E-state index contributed by atoms with van der Waals surface area (Å²) < 4.78 is 6.85. The Morgan fingerprint density at radius 3 is 2.81 bits per heavy atom. The number of para-hydroxylation sites is 1. The molecule has 0 radical (unpaired) electrons. The van der Waals surface area contributed by atoms with Gasteiger partial charge in [-0.1, -0.05) is 18.2 Å². The zero-order valence-electron chi connectivity index (χ0n) is 17.5. The van der Waals surface area contributed by atoms with Crippen molar-refractivity contribution >= 4 is 39.7 Å². The third-order valence-electron chi connectivity index (χ3n) is 4.96. The molecular formula is C23H19N5O3S. The molecule has 160 valence electrons. The third-order valence-corrected chi connectivity index (χ3v) is 5.87. The minimum Gasteiger partial charge on any atom is -0.494 e. The zero-order chi connectivity index (χ0) is 22.7. The monoisotopic (exact) mass is 445 g/mol. The van der Waals surface area contributed by atoms with Crippen LogP contribution in [-0.2, 0) is 4.79 Å². The molecule has 0 saturated heterocycles. The van der Waals surface area contributed by atoms with Crippen molar-refractivity contribution in [1.29, 1.82) is 5.26 Å². The van der Waals surface area contributed by atoms with Crippen LogP contribution in [-0.4, -0.2) is 33.6 Å². The average molecular weight is 446 g/mol. The van der Waals surface area contributed by atoms with Crippen molar-refractivity contribution in [3.05, 3.63) is 64.0 Å². The maximum absolute atomic E-state index is 12.6. The van der Waals surface area contributed by atoms with Crippen LogP contribution < -0.4 is 10.1 Å². The first-order valence-corrected chi connectivity index (χ1v) is 10.7. The highest BCUT2D eigenvalue weighted by atomic mass is 32.1. The predicted molar refractivity (Wildman–Crippen MR) is 121 cm³/mol. The van der Waals surface area contributed by atoms with Gasteiger partial charge in [-0.2, -0.15) is 15.0 Å². The molecule has 9 heteroatoms. The van der Waals surface area contributed by atoms with E-state index < -0.39 is 0 Å². The highest BCUT2D eigenvalue weighted by Crippen LogP contribution is 2.29. The number of fused-ring (bicyclic) bond motifs is 1. The number of nitrogens with one attached hydrogen (secondary N) is 1. The standard InChI is InChI=1S/C23H19N5O3S/c1-14-11-20(26-22-16(14)5-3-6-18(22)31-2)28-23(15(12-24)13-25-28)27-21(30)9-8-17(29)19-7-4-10-32-19/h3-7,10-11,13H,8-9H2,1-2H3,(H,27,30). The number of Topliss-reactive ketones (excluding diaryl/α,β-unsaturated/α-hetero) is 1. The Labute approximate surface area is 188 Å². The second-order valence-corrected chi connectivity index (χ2v) is 7.98. The summed E-state index contributed by atoms with van der Waals surface area (Å²) in [5.41, 5.74) is 1.79. The minimum absolute atomic E-state index is 0.00915. The molecule has 3 heterocycles. The van der Waals surface area contributed by atoms with E-state index in [1.165, 1.54) is 22.2 Å². The van der Waals surface area contributed by atoms with E-state index in [1.54, 1.807) is 19.2 Å². The van der Waals surface area contributed by atoms with Crippen molar-refractivity contribution in [3.63, 3.8) is 0 Å². The minimum atomic E-state index is -0.386. The van der Waals surface area contributed by atoms with Crippen LogP contribution in [0.25, 0.3) is 16.7 Å². The van der Waals surface area contributed by atoms with Crippen molar-refractivity contribution in [2.45, 2.75) is 19.8 Å². The van der Waals surface area contributed by atoms with E-state index in [0.29, 0.717) is 22.0 Å². The second kappa shape index (κ2) is 8.99. The molecular weight excluding hydrogens is 426 g/mol. The van der Waals surface area contributed by atoms with E-state index >= 15 is 0 Å². The van der Waals surface area contributed by atoms with Crippen molar-refractivity contribution in [1.82, 2.24) is 14.8 Å². The van der Waals surface area contributed by atoms with Gasteiger partial charge in [-0.25, -0.2) is 4.98 Å². The molecule has 0 bridgehead atoms. The number of anilines is 1. The number of methoxy groups -OCH3 is 1. The zero-order valence-corrected chi connectivity index (χ0v) is 18.3. The Kier molecular flexibility index (Phi) is 5.96. The van der Waals surface area contributed by atoms with Crippen LogP contribution in [0, 0.1) is 18.3 Å². The Balaban J connectivity index is 1.63. The molecule has 0 saturated carbocycles. The van der Waals surface area contributed by atoms with Crippen molar-refractivity contribution < 1.29 is 14.3 Å². The van der Waals surface area contributed by atoms with Crippen LogP contribution >= 0.6 is 11.3 Å². The summed E-state index contributed by atoms with van der Waals surface area (Å²) in [6.07, 6.45) is 1.44. The lowest BCUT2D eigenvalue weighted by molar-refractivity contribution is -0.116. The van der Waals surface area contributed by atoms with Crippen molar-refractivity contribution in [2.24, 2.45) is 0 Å². The van der Waals surface area contributed by atoms with E-state index in [-0.39, 0.29) is 35.9 Å². The molecule has 4 aromatic rings. The Hall–Kier alpha value is -4.03. The second-order valence-electron chi connectivity index (χ2n) is 7.03. The first-order chi connectivity index (χ1) is 15.5. The number of rotatable bonds is 7. The van der Waals surface area contributed by atoms with Gasteiger partial charge < -0.3 is 10.1 Å². The topological polar surface area (TPSA) is 110 Å². The first-order valence-electron chi connectivity index (χ1n) is 9.81. The van der Waals surface area contributed by atoms with Crippen LogP contribution in [0.1, 0.15) is 33.6 Å². The maximum atomic E-state index is 12.6. The van der Waals surface area contributed by atoms with Crippen molar-refractivity contribution in [2.75, 3.05) is 12.4 Å². The summed E-state index contributed by atoms with van der Waals surface area (Å²) in [5.74, 6) is 0.775. The molecule has 0 unspecified atom stereocenters. The highest BCUT2D eigenvalue weighted by Gasteiger charge is 2.18. The molecule has 1 aromatic carbocycles. The van der Waals surface area contributed by atoms with Gasteiger partial charge in [0.2, 0.25) is 5.91 Å². The molecule has 32 heavy (non-hydrogen) atoms. The van der Waals surface area contributed by atoms with E-state index in [4.69, 9.17) is 4.74 Å². The molecule has 4 rings (SSSR count). The molecule has 0 spiro atoms. The molecule has 1 N–H and O–H groups in total. The molecule has 0 aliphatic heterocycles. The number of benzene rings is 1. The summed E-state index contributed by atoms with van der Waals surface area (Å²) in [5, 5.41) is 19.2. The lowest BCUT2D eigenvalue weighted by atomic mass is 10.1. The summed E-state index contributed by atoms with van der Waals surface area (Å²) >= 11 is 1.34. The van der Waals surface area contributed by atoms with E-state index in [9.17, 15) is 14.9 Å². The number of aromatic nitrogens is 3. The largest absolute Gasteiger partial charge is 0.494 e. The molecule has 0 fully saturated rings. The smallest absolute Gasteiger partial charge is 0.226 e. The van der Waals surface area contributed by atoms with Crippen molar-refractivity contribution in [3.8, 4) is 17.6 Å². The number of nitrogens with zero attached hydrogens (tertiary/aromatic N) is 4. The SMILES string of the molecule is COc1cccc2c(C)cc(-n3ncc(C#N)c3NC(=O)CCC(=O)c3cccs3)nc12. The van der Waals surface area contributed by atoms with Gasteiger partial charge in [0.05, 0.1) is 18.2 Å². The molecule has 8 nitrogen and oxygen atoms in total. The fourth-order valence-electron chi connectivity index (χ4n) is 3.35. The van der Waals surface area contributed by atoms with Crippen LogP contribution in [0.2, 0.25) is 0 Å². The number of carbonyl (C=O) groups is 2. The molecule has 0 aliphatic carbocycles. The van der Waals surface area contributed by atoms with Gasteiger partial charge in [0.1, 0.15) is 22.9 Å². The van der Waals surface area contributed by atoms with Gasteiger partial charge in [-0.05, 0) is 36.1 Å². The van der Waals surface area contributed by atoms with E-state index in [2.05, 4.69) is 15.4 Å². The number of carbonyl (C=O) groups excluding carboxylic acids is 2. The number of aryl methyl sites for hydroxylation is 1. The normalized spacial score (nSPS) is 10.7. The number of amides is 1. The van der Waals surface area contributed by atoms with E-state index in [1.807, 2.05) is 42.6 Å². The lowest BCUT2D eigenvalue weighted by Gasteiger charge is -2.12. The number of hydrogen-bond donors (Lipinski definition) is 1. The fraction of sp³-hybridized carbons (Fsp3) is 0.174. The van der Waals surface area contributed by atoms with Crippen LogP contribution in [0.3, 0.4) is 0 Å². The molecule has 1 amide bonds. The van der Waals surface area contributed by atoms with E-state index in [0.717, 1.165) is 10.9 Å². The van der Waals surface area contributed by atoms with Crippen LogP contribution in [0.15, 0.2) is 48.0 Å². The number of hydrogen-bond acceptors (Lipinski definition) is 7. The maximum Gasteiger partial charge on any atom is 0.226 e. The molecule has 0 atom stereocenters. The van der Waals surface area contributed by atoms with Crippen LogP contribution in [0.4, 0.5) is 5.82 Å². The molecule has 0 aliphatic rings. The lowest BCUT2D eigenvalue weighted by Crippen LogP contribution is -2.17.